The summed E-state index contributed by atoms with van der Waals surface area (Å²) in [6, 6.07) is 9.82. The molecule has 2 aromatic heterocycles. The van der Waals surface area contributed by atoms with Crippen molar-refractivity contribution in [3.8, 4) is 0 Å². The number of fused-ring (bicyclic) bond motifs is 1. The Balaban J connectivity index is 1.24. The van der Waals surface area contributed by atoms with Crippen LogP contribution in [-0.2, 0) is 11.2 Å². The maximum Gasteiger partial charge on any atom is 0.225 e. The fraction of sp³-hybridized carbons (Fsp3) is 0.400. The van der Waals surface area contributed by atoms with E-state index in [1.165, 1.54) is 0 Å². The molecule has 7 nitrogen and oxygen atoms in total. The zero-order valence-electron chi connectivity index (χ0n) is 15.3. The van der Waals surface area contributed by atoms with Gasteiger partial charge in [0.1, 0.15) is 5.82 Å². The van der Waals surface area contributed by atoms with Gasteiger partial charge in [-0.05, 0) is 37.5 Å². The first-order chi connectivity index (χ1) is 13.3. The Morgan fingerprint density at radius 1 is 1.22 bits per heavy atom. The lowest BCUT2D eigenvalue weighted by molar-refractivity contribution is -0.125. The average Bonchev–Trinajstić information content (AvgIpc) is 3.15. The van der Waals surface area contributed by atoms with Gasteiger partial charge >= 0.3 is 0 Å². The smallest absolute Gasteiger partial charge is 0.225 e. The number of aromatic amines is 1. The summed E-state index contributed by atoms with van der Waals surface area (Å²) in [5.74, 6) is 1.80. The minimum Gasteiger partial charge on any atom is -0.356 e. The van der Waals surface area contributed by atoms with Crippen LogP contribution in [0, 0.1) is 5.92 Å². The van der Waals surface area contributed by atoms with Crippen molar-refractivity contribution in [3.63, 3.8) is 0 Å². The number of hydrogen-bond donors (Lipinski definition) is 2. The first kappa shape index (κ1) is 17.5. The molecule has 27 heavy (non-hydrogen) atoms. The van der Waals surface area contributed by atoms with E-state index in [9.17, 15) is 4.79 Å². The van der Waals surface area contributed by atoms with Gasteiger partial charge in [0, 0.05) is 38.4 Å². The summed E-state index contributed by atoms with van der Waals surface area (Å²) in [6.07, 6.45) is 7.07. The van der Waals surface area contributed by atoms with Gasteiger partial charge in [0.2, 0.25) is 11.9 Å². The van der Waals surface area contributed by atoms with Crippen molar-refractivity contribution in [1.29, 1.82) is 0 Å². The van der Waals surface area contributed by atoms with E-state index < -0.39 is 0 Å². The van der Waals surface area contributed by atoms with E-state index in [1.807, 2.05) is 24.3 Å². The molecular formula is C20H24N6O. The van der Waals surface area contributed by atoms with Crippen molar-refractivity contribution >= 4 is 22.9 Å². The number of nitrogens with zero attached hydrogens (tertiary/aromatic N) is 4. The van der Waals surface area contributed by atoms with Gasteiger partial charge in [0.15, 0.2) is 0 Å². The quantitative estimate of drug-likeness (QED) is 0.656. The Kier molecular flexibility index (Phi) is 5.27. The molecule has 3 heterocycles. The molecule has 0 aliphatic carbocycles. The number of aryl methyl sites for hydroxylation is 1. The number of nitrogens with one attached hydrogen (secondary N) is 2. The molecule has 0 unspecified atom stereocenters. The highest BCUT2D eigenvalue weighted by Gasteiger charge is 2.26. The van der Waals surface area contributed by atoms with Gasteiger partial charge in [0.25, 0.3) is 0 Å². The Labute approximate surface area is 158 Å². The van der Waals surface area contributed by atoms with Crippen LogP contribution in [0.15, 0.2) is 42.7 Å². The summed E-state index contributed by atoms with van der Waals surface area (Å²) < 4.78 is 0. The molecule has 1 atom stereocenters. The van der Waals surface area contributed by atoms with E-state index in [0.29, 0.717) is 19.0 Å². The second-order valence-electron chi connectivity index (χ2n) is 6.93. The molecule has 1 saturated heterocycles. The van der Waals surface area contributed by atoms with Crippen LogP contribution >= 0.6 is 0 Å². The fourth-order valence-electron chi connectivity index (χ4n) is 3.56. The predicted molar refractivity (Wildman–Crippen MR) is 104 cm³/mol. The molecule has 1 amide bonds. The summed E-state index contributed by atoms with van der Waals surface area (Å²) in [7, 11) is 0. The molecule has 1 aliphatic heterocycles. The van der Waals surface area contributed by atoms with Crippen molar-refractivity contribution in [2.24, 2.45) is 5.92 Å². The fourth-order valence-corrected chi connectivity index (χ4v) is 3.56. The van der Waals surface area contributed by atoms with Crippen LogP contribution in [0.2, 0.25) is 0 Å². The molecule has 140 valence electrons. The van der Waals surface area contributed by atoms with E-state index in [0.717, 1.165) is 49.1 Å². The average molecular weight is 364 g/mol. The first-order valence-electron chi connectivity index (χ1n) is 9.53. The third-order valence-corrected chi connectivity index (χ3v) is 4.96. The minimum absolute atomic E-state index is 0.00578. The van der Waals surface area contributed by atoms with Gasteiger partial charge in [-0.3, -0.25) is 4.79 Å². The van der Waals surface area contributed by atoms with Gasteiger partial charge in [0.05, 0.1) is 17.0 Å². The lowest BCUT2D eigenvalue weighted by Gasteiger charge is -2.31. The highest BCUT2D eigenvalue weighted by Crippen LogP contribution is 2.20. The van der Waals surface area contributed by atoms with Crippen molar-refractivity contribution < 1.29 is 4.79 Å². The van der Waals surface area contributed by atoms with E-state index in [2.05, 4.69) is 30.2 Å². The van der Waals surface area contributed by atoms with Gasteiger partial charge < -0.3 is 15.2 Å². The standard InChI is InChI=1S/C20H24N6O/c27-19(15-6-4-13-26(14-15)20-22-11-5-12-23-20)21-10-3-9-18-24-16-7-1-2-8-17(16)25-18/h1-2,5,7-8,11-12,15H,3-4,6,9-10,13-14H2,(H,21,27)(H,24,25)/t15-/m0/s1. The summed E-state index contributed by atoms with van der Waals surface area (Å²) in [4.78, 5) is 31.1. The molecule has 0 radical (unpaired) electrons. The number of imidazole rings is 1. The van der Waals surface area contributed by atoms with Gasteiger partial charge in [-0.2, -0.15) is 0 Å². The number of anilines is 1. The second-order valence-corrected chi connectivity index (χ2v) is 6.93. The molecule has 0 spiro atoms. The predicted octanol–water partition coefficient (Wildman–Crippen LogP) is 2.32. The second kappa shape index (κ2) is 8.16. The number of piperidine rings is 1. The van der Waals surface area contributed by atoms with Crippen LogP contribution in [0.4, 0.5) is 5.95 Å². The molecule has 7 heteroatoms. The van der Waals surface area contributed by atoms with Crippen LogP contribution in [-0.4, -0.2) is 45.5 Å². The van der Waals surface area contributed by atoms with E-state index in [4.69, 9.17) is 0 Å². The molecule has 4 rings (SSSR count). The van der Waals surface area contributed by atoms with Gasteiger partial charge in [-0.1, -0.05) is 12.1 Å². The third kappa shape index (κ3) is 4.24. The molecule has 1 aliphatic rings. The zero-order valence-corrected chi connectivity index (χ0v) is 15.3. The largest absolute Gasteiger partial charge is 0.356 e. The number of hydrogen-bond acceptors (Lipinski definition) is 5. The molecule has 2 N–H and O–H groups in total. The minimum atomic E-state index is -0.00578. The first-order valence-corrected chi connectivity index (χ1v) is 9.53. The highest BCUT2D eigenvalue weighted by atomic mass is 16.1. The monoisotopic (exact) mass is 364 g/mol. The number of benzene rings is 1. The van der Waals surface area contributed by atoms with Crippen molar-refractivity contribution in [2.45, 2.75) is 25.7 Å². The summed E-state index contributed by atoms with van der Waals surface area (Å²) >= 11 is 0. The molecule has 1 aromatic carbocycles. The molecule has 0 saturated carbocycles. The Bertz CT molecular complexity index is 861. The van der Waals surface area contributed by atoms with Crippen LogP contribution in [0.25, 0.3) is 11.0 Å². The summed E-state index contributed by atoms with van der Waals surface area (Å²) in [5, 5.41) is 3.08. The van der Waals surface area contributed by atoms with Crippen LogP contribution < -0.4 is 10.2 Å². The van der Waals surface area contributed by atoms with Crippen LogP contribution in [0.3, 0.4) is 0 Å². The Morgan fingerprint density at radius 3 is 2.93 bits per heavy atom. The highest BCUT2D eigenvalue weighted by molar-refractivity contribution is 5.79. The molecule has 3 aromatic rings. The summed E-state index contributed by atoms with van der Waals surface area (Å²) in [5.41, 5.74) is 2.05. The number of carbonyl (C=O) groups excluding carboxylic acids is 1. The number of carbonyl (C=O) groups is 1. The number of rotatable bonds is 6. The molecule has 0 bridgehead atoms. The SMILES string of the molecule is O=C(NCCCc1nc2ccccc2[nH]1)[C@H]1CCCN(c2ncccn2)C1. The lowest BCUT2D eigenvalue weighted by atomic mass is 9.97. The third-order valence-electron chi connectivity index (χ3n) is 4.96. The van der Waals surface area contributed by atoms with Gasteiger partial charge in [-0.15, -0.1) is 0 Å². The maximum atomic E-state index is 12.5. The van der Waals surface area contributed by atoms with Crippen LogP contribution in [0.1, 0.15) is 25.1 Å². The number of H-pyrrole nitrogens is 1. The normalized spacial score (nSPS) is 17.2. The van der Waals surface area contributed by atoms with E-state index in [-0.39, 0.29) is 11.8 Å². The Morgan fingerprint density at radius 2 is 2.07 bits per heavy atom. The maximum absolute atomic E-state index is 12.5. The zero-order chi connectivity index (χ0) is 18.5. The number of aromatic nitrogens is 4. The topological polar surface area (TPSA) is 86.8 Å². The number of para-hydroxylation sites is 2. The van der Waals surface area contributed by atoms with Crippen molar-refractivity contribution in [2.75, 3.05) is 24.5 Å². The molecular weight excluding hydrogens is 340 g/mol. The van der Waals surface area contributed by atoms with Gasteiger partial charge in [-0.25, -0.2) is 15.0 Å². The van der Waals surface area contributed by atoms with E-state index in [1.54, 1.807) is 18.5 Å². The molecule has 1 fully saturated rings. The van der Waals surface area contributed by atoms with Crippen molar-refractivity contribution in [3.05, 3.63) is 48.5 Å². The van der Waals surface area contributed by atoms with E-state index >= 15 is 0 Å². The van der Waals surface area contributed by atoms with Crippen molar-refractivity contribution in [1.82, 2.24) is 25.3 Å². The Hall–Kier alpha value is -2.96. The van der Waals surface area contributed by atoms with Crippen LogP contribution in [0.5, 0.6) is 0 Å². The number of amides is 1. The lowest BCUT2D eigenvalue weighted by Crippen LogP contribution is -2.43. The summed E-state index contributed by atoms with van der Waals surface area (Å²) in [6.45, 7) is 2.24.